The Balaban J connectivity index is 0.00000200. The SMILES string of the molecule is CN(C(=O)c1ccc(OC(F)F)cc1)C1CCNC1.Cl. The number of halogens is 3. The number of carbonyl (C=O) groups excluding carboxylic acids is 1. The highest BCUT2D eigenvalue weighted by atomic mass is 35.5. The summed E-state index contributed by atoms with van der Waals surface area (Å²) in [4.78, 5) is 13.9. The summed E-state index contributed by atoms with van der Waals surface area (Å²) in [5, 5.41) is 3.19. The van der Waals surface area contributed by atoms with Crippen LogP contribution in [0.4, 0.5) is 8.78 Å². The molecule has 1 unspecified atom stereocenters. The van der Waals surface area contributed by atoms with Crippen molar-refractivity contribution in [3.05, 3.63) is 29.8 Å². The maximum atomic E-state index is 12.2. The van der Waals surface area contributed by atoms with Crippen molar-refractivity contribution in [2.45, 2.75) is 19.1 Å². The number of benzene rings is 1. The molecule has 0 spiro atoms. The molecule has 1 aromatic carbocycles. The van der Waals surface area contributed by atoms with Gasteiger partial charge in [-0.25, -0.2) is 0 Å². The lowest BCUT2D eigenvalue weighted by atomic mass is 10.1. The van der Waals surface area contributed by atoms with E-state index in [0.717, 1.165) is 19.5 Å². The fourth-order valence-corrected chi connectivity index (χ4v) is 2.12. The second-order valence-electron chi connectivity index (χ2n) is 4.47. The van der Waals surface area contributed by atoms with Gasteiger partial charge in [0, 0.05) is 25.2 Å². The first-order valence-electron chi connectivity index (χ1n) is 6.10. The minimum Gasteiger partial charge on any atom is -0.435 e. The van der Waals surface area contributed by atoms with E-state index >= 15 is 0 Å². The second kappa shape index (κ2) is 7.40. The summed E-state index contributed by atoms with van der Waals surface area (Å²) in [6.45, 7) is -1.16. The Kier molecular flexibility index (Phi) is 6.16. The Labute approximate surface area is 122 Å². The summed E-state index contributed by atoms with van der Waals surface area (Å²) >= 11 is 0. The van der Waals surface area contributed by atoms with Crippen LogP contribution >= 0.6 is 12.4 Å². The first-order chi connectivity index (χ1) is 9.08. The predicted molar refractivity (Wildman–Crippen MR) is 73.7 cm³/mol. The molecule has 0 aromatic heterocycles. The summed E-state index contributed by atoms with van der Waals surface area (Å²) in [5.74, 6) is -0.0611. The molecular formula is C13H17ClF2N2O2. The third-order valence-electron chi connectivity index (χ3n) is 3.23. The third kappa shape index (κ3) is 4.05. The van der Waals surface area contributed by atoms with E-state index in [0.29, 0.717) is 5.56 Å². The topological polar surface area (TPSA) is 41.6 Å². The van der Waals surface area contributed by atoms with Gasteiger partial charge in [0.15, 0.2) is 0 Å². The molecule has 1 saturated heterocycles. The molecule has 0 aliphatic carbocycles. The summed E-state index contributed by atoms with van der Waals surface area (Å²) in [6.07, 6.45) is 0.925. The number of amides is 1. The molecule has 4 nitrogen and oxygen atoms in total. The van der Waals surface area contributed by atoms with Crippen molar-refractivity contribution in [3.8, 4) is 5.75 Å². The largest absolute Gasteiger partial charge is 0.435 e. The first kappa shape index (κ1) is 16.7. The van der Waals surface area contributed by atoms with Gasteiger partial charge in [-0.1, -0.05) is 0 Å². The number of rotatable bonds is 4. The maximum Gasteiger partial charge on any atom is 0.387 e. The number of hydrogen-bond acceptors (Lipinski definition) is 3. The van der Waals surface area contributed by atoms with Crippen LogP contribution in [-0.4, -0.2) is 43.6 Å². The van der Waals surface area contributed by atoms with E-state index in [2.05, 4.69) is 10.1 Å². The van der Waals surface area contributed by atoms with Crippen molar-refractivity contribution in [1.29, 1.82) is 0 Å². The number of hydrogen-bond donors (Lipinski definition) is 1. The van der Waals surface area contributed by atoms with E-state index in [1.807, 2.05) is 0 Å². The second-order valence-corrected chi connectivity index (χ2v) is 4.47. The average Bonchev–Trinajstić information content (AvgIpc) is 2.91. The Morgan fingerprint density at radius 2 is 2.05 bits per heavy atom. The lowest BCUT2D eigenvalue weighted by molar-refractivity contribution is -0.0498. The number of nitrogens with zero attached hydrogens (tertiary/aromatic N) is 1. The monoisotopic (exact) mass is 306 g/mol. The zero-order chi connectivity index (χ0) is 13.8. The highest BCUT2D eigenvalue weighted by Crippen LogP contribution is 2.17. The molecule has 1 atom stereocenters. The summed E-state index contributed by atoms with van der Waals surface area (Å²) in [7, 11) is 1.75. The molecule has 1 heterocycles. The molecular weight excluding hydrogens is 290 g/mol. The normalized spacial score (nSPS) is 17.7. The third-order valence-corrected chi connectivity index (χ3v) is 3.23. The molecule has 1 aromatic rings. The van der Waals surface area contributed by atoms with Crippen LogP contribution in [0, 0.1) is 0 Å². The molecule has 0 saturated carbocycles. The van der Waals surface area contributed by atoms with Crippen LogP contribution in [0.3, 0.4) is 0 Å². The molecule has 0 radical (unpaired) electrons. The maximum absolute atomic E-state index is 12.2. The van der Waals surface area contributed by atoms with Gasteiger partial charge in [-0.2, -0.15) is 8.78 Å². The molecule has 1 fully saturated rings. The van der Waals surface area contributed by atoms with Gasteiger partial charge in [-0.15, -0.1) is 12.4 Å². The van der Waals surface area contributed by atoms with Crippen LogP contribution in [0.2, 0.25) is 0 Å². The van der Waals surface area contributed by atoms with E-state index in [9.17, 15) is 13.6 Å². The minimum absolute atomic E-state index is 0. The van der Waals surface area contributed by atoms with Crippen LogP contribution in [0.15, 0.2) is 24.3 Å². The fraction of sp³-hybridized carbons (Fsp3) is 0.462. The van der Waals surface area contributed by atoms with Gasteiger partial charge >= 0.3 is 6.61 Å². The molecule has 1 N–H and O–H groups in total. The number of carbonyl (C=O) groups is 1. The minimum atomic E-state index is -2.85. The lowest BCUT2D eigenvalue weighted by Crippen LogP contribution is -2.38. The highest BCUT2D eigenvalue weighted by Gasteiger charge is 2.23. The Morgan fingerprint density at radius 1 is 1.40 bits per heavy atom. The number of alkyl halides is 2. The standard InChI is InChI=1S/C13H16F2N2O2.ClH/c1-17(10-6-7-16-8-10)12(18)9-2-4-11(5-3-9)19-13(14)15;/h2-5,10,13,16H,6-8H2,1H3;1H. The Morgan fingerprint density at radius 3 is 2.55 bits per heavy atom. The van der Waals surface area contributed by atoms with Gasteiger partial charge < -0.3 is 15.0 Å². The smallest absolute Gasteiger partial charge is 0.387 e. The van der Waals surface area contributed by atoms with Gasteiger partial charge in [-0.3, -0.25) is 4.79 Å². The van der Waals surface area contributed by atoms with E-state index in [4.69, 9.17) is 0 Å². The zero-order valence-corrected chi connectivity index (χ0v) is 11.8. The highest BCUT2D eigenvalue weighted by molar-refractivity contribution is 5.94. The van der Waals surface area contributed by atoms with Gasteiger partial charge in [0.2, 0.25) is 0 Å². The molecule has 112 valence electrons. The van der Waals surface area contributed by atoms with Crippen LogP contribution in [0.1, 0.15) is 16.8 Å². The van der Waals surface area contributed by atoms with Crippen LogP contribution in [0.25, 0.3) is 0 Å². The van der Waals surface area contributed by atoms with Crippen molar-refractivity contribution in [2.75, 3.05) is 20.1 Å². The average molecular weight is 307 g/mol. The quantitative estimate of drug-likeness (QED) is 0.927. The fourth-order valence-electron chi connectivity index (χ4n) is 2.12. The predicted octanol–water partition coefficient (Wildman–Crippen LogP) is 2.14. The van der Waals surface area contributed by atoms with E-state index < -0.39 is 6.61 Å². The van der Waals surface area contributed by atoms with E-state index in [1.165, 1.54) is 24.3 Å². The van der Waals surface area contributed by atoms with Crippen LogP contribution < -0.4 is 10.1 Å². The zero-order valence-electron chi connectivity index (χ0n) is 11.0. The molecule has 0 bridgehead atoms. The van der Waals surface area contributed by atoms with Crippen molar-refractivity contribution in [3.63, 3.8) is 0 Å². The first-order valence-corrected chi connectivity index (χ1v) is 6.10. The molecule has 1 amide bonds. The van der Waals surface area contributed by atoms with Crippen molar-refractivity contribution in [2.24, 2.45) is 0 Å². The van der Waals surface area contributed by atoms with Crippen molar-refractivity contribution < 1.29 is 18.3 Å². The Bertz CT molecular complexity index is 437. The Hall–Kier alpha value is -1.40. The summed E-state index contributed by atoms with van der Waals surface area (Å²) in [6, 6.07) is 5.93. The van der Waals surface area contributed by atoms with Crippen LogP contribution in [-0.2, 0) is 0 Å². The van der Waals surface area contributed by atoms with Crippen molar-refractivity contribution in [1.82, 2.24) is 10.2 Å². The van der Waals surface area contributed by atoms with E-state index in [-0.39, 0.29) is 30.1 Å². The molecule has 1 aliphatic rings. The van der Waals surface area contributed by atoms with E-state index in [1.54, 1.807) is 11.9 Å². The number of likely N-dealkylation sites (N-methyl/N-ethyl adjacent to an activating group) is 1. The van der Waals surface area contributed by atoms with Gasteiger partial charge in [-0.05, 0) is 37.2 Å². The molecule has 1 aliphatic heterocycles. The summed E-state index contributed by atoms with van der Waals surface area (Å²) < 4.78 is 28.3. The van der Waals surface area contributed by atoms with Crippen molar-refractivity contribution >= 4 is 18.3 Å². The van der Waals surface area contributed by atoms with Crippen LogP contribution in [0.5, 0.6) is 5.75 Å². The number of ether oxygens (including phenoxy) is 1. The molecule has 2 rings (SSSR count). The molecule has 7 heteroatoms. The lowest BCUT2D eigenvalue weighted by Gasteiger charge is -2.23. The van der Waals surface area contributed by atoms with Gasteiger partial charge in [0.1, 0.15) is 5.75 Å². The number of nitrogens with one attached hydrogen (secondary N) is 1. The summed E-state index contributed by atoms with van der Waals surface area (Å²) in [5.41, 5.74) is 0.469. The van der Waals surface area contributed by atoms with Gasteiger partial charge in [0.05, 0.1) is 0 Å². The van der Waals surface area contributed by atoms with Gasteiger partial charge in [0.25, 0.3) is 5.91 Å². The molecule has 20 heavy (non-hydrogen) atoms.